The number of hydrogen-bond donors (Lipinski definition) is 0. The van der Waals surface area contributed by atoms with Gasteiger partial charge in [-0.2, -0.15) is 4.33 Å². The Labute approximate surface area is 129 Å². The summed E-state index contributed by atoms with van der Waals surface area (Å²) in [4.78, 5) is 10.2. The molecule has 0 spiro atoms. The summed E-state index contributed by atoms with van der Waals surface area (Å²) >= 11 is 8.72. The molecule has 20 heavy (non-hydrogen) atoms. The number of rotatable bonds is 4. The summed E-state index contributed by atoms with van der Waals surface area (Å²) < 4.78 is 5.97. The van der Waals surface area contributed by atoms with Gasteiger partial charge in [-0.1, -0.05) is 23.7 Å². The molecule has 0 aliphatic heterocycles. The zero-order chi connectivity index (χ0) is 13.9. The molecule has 6 heteroatoms. The molecule has 3 aromatic rings. The van der Waals surface area contributed by atoms with E-state index in [9.17, 15) is 0 Å². The number of halogens is 1. The van der Waals surface area contributed by atoms with E-state index in [0.717, 1.165) is 30.7 Å². The van der Waals surface area contributed by atoms with E-state index in [0.29, 0.717) is 0 Å². The molecule has 0 saturated heterocycles. The van der Waals surface area contributed by atoms with Crippen LogP contribution in [0.4, 0.5) is 0 Å². The molecule has 0 radical (unpaired) electrons. The van der Waals surface area contributed by atoms with Crippen molar-refractivity contribution in [3.63, 3.8) is 0 Å². The first-order chi connectivity index (χ1) is 9.76. The van der Waals surface area contributed by atoms with Gasteiger partial charge in [0.2, 0.25) is 0 Å². The van der Waals surface area contributed by atoms with Crippen molar-refractivity contribution in [2.24, 2.45) is 0 Å². The van der Waals surface area contributed by atoms with Gasteiger partial charge in [0.05, 0.1) is 29.4 Å². The minimum Gasteiger partial charge on any atom is -0.236 e. The lowest BCUT2D eigenvalue weighted by Crippen LogP contribution is -1.77. The predicted molar refractivity (Wildman–Crippen MR) is 84.0 cm³/mol. The number of aromatic nitrogens is 1. The maximum absolute atomic E-state index is 5.90. The van der Waals surface area contributed by atoms with Crippen molar-refractivity contribution in [2.75, 3.05) is 7.11 Å². The van der Waals surface area contributed by atoms with Crippen molar-refractivity contribution in [3.05, 3.63) is 47.5 Å². The fourth-order valence-electron chi connectivity index (χ4n) is 1.75. The number of benzene rings is 2. The second-order valence-electron chi connectivity index (χ2n) is 3.97. The molecule has 3 rings (SSSR count). The van der Waals surface area contributed by atoms with Crippen molar-refractivity contribution >= 4 is 45.2 Å². The molecule has 102 valence electrons. The summed E-state index contributed by atoms with van der Waals surface area (Å²) in [6.45, 7) is 0. The summed E-state index contributed by atoms with van der Waals surface area (Å²) in [7, 11) is 1.48. The summed E-state index contributed by atoms with van der Waals surface area (Å²) in [5.74, 6) is 0. The number of hydrogen-bond acceptors (Lipinski definition) is 5. The van der Waals surface area contributed by atoms with Crippen LogP contribution in [0.25, 0.3) is 20.8 Å². The quantitative estimate of drug-likeness (QED) is 0.375. The lowest BCUT2D eigenvalue weighted by atomic mass is 10.2. The topological polar surface area (TPSA) is 31.4 Å². The van der Waals surface area contributed by atoms with Gasteiger partial charge < -0.3 is 0 Å². The monoisotopic (exact) mass is 323 g/mol. The Morgan fingerprint density at radius 2 is 1.95 bits per heavy atom. The van der Waals surface area contributed by atoms with E-state index in [2.05, 4.69) is 9.87 Å². The van der Waals surface area contributed by atoms with Crippen LogP contribution < -0.4 is 0 Å². The van der Waals surface area contributed by atoms with E-state index in [1.807, 2.05) is 42.5 Å². The van der Waals surface area contributed by atoms with E-state index in [-0.39, 0.29) is 0 Å². The van der Waals surface area contributed by atoms with Crippen LogP contribution in [0.5, 0.6) is 0 Å². The van der Waals surface area contributed by atoms with Crippen molar-refractivity contribution in [3.8, 4) is 10.6 Å². The minimum atomic E-state index is 0.727. The second kappa shape index (κ2) is 6.11. The fourth-order valence-corrected chi connectivity index (χ4v) is 3.39. The third kappa shape index (κ3) is 2.97. The van der Waals surface area contributed by atoms with Crippen LogP contribution >= 0.6 is 35.0 Å². The number of fused-ring (bicyclic) bond motifs is 1. The highest BCUT2D eigenvalue weighted by Crippen LogP contribution is 2.33. The molecule has 0 N–H and O–H groups in total. The molecule has 0 saturated carbocycles. The van der Waals surface area contributed by atoms with Crippen LogP contribution in [0.15, 0.2) is 47.4 Å². The van der Waals surface area contributed by atoms with Crippen molar-refractivity contribution in [1.29, 1.82) is 0 Å². The molecule has 1 aromatic heterocycles. The van der Waals surface area contributed by atoms with Gasteiger partial charge in [-0.15, -0.1) is 11.3 Å². The van der Waals surface area contributed by atoms with Gasteiger partial charge in [0, 0.05) is 15.5 Å². The van der Waals surface area contributed by atoms with Crippen molar-refractivity contribution in [2.45, 2.75) is 4.90 Å². The van der Waals surface area contributed by atoms with Gasteiger partial charge >= 0.3 is 0 Å². The van der Waals surface area contributed by atoms with E-state index < -0.39 is 0 Å². The van der Waals surface area contributed by atoms with E-state index >= 15 is 0 Å². The number of nitrogens with zero attached hydrogens (tertiary/aromatic N) is 1. The SMILES string of the molecule is COOSc1ccc2nc(-c3ccc(Cl)cc3)sc2c1. The first kappa shape index (κ1) is 13.9. The first-order valence-electron chi connectivity index (χ1n) is 5.80. The van der Waals surface area contributed by atoms with Gasteiger partial charge in [-0.3, -0.25) is 0 Å². The standard InChI is InChI=1S/C14H10ClNO2S2/c1-17-18-20-11-6-7-12-13(8-11)19-14(16-12)9-2-4-10(15)5-3-9/h2-8H,1H3. The van der Waals surface area contributed by atoms with Crippen molar-refractivity contribution < 1.29 is 9.22 Å². The third-order valence-corrected chi connectivity index (χ3v) is 4.62. The van der Waals surface area contributed by atoms with Crippen LogP contribution in [-0.2, 0) is 9.22 Å². The first-order valence-corrected chi connectivity index (χ1v) is 7.74. The highest BCUT2D eigenvalue weighted by atomic mass is 35.5. The van der Waals surface area contributed by atoms with E-state index in [1.54, 1.807) is 11.3 Å². The maximum Gasteiger partial charge on any atom is 0.124 e. The molecule has 1 heterocycles. The molecule has 3 nitrogen and oxygen atoms in total. The Morgan fingerprint density at radius 3 is 2.70 bits per heavy atom. The third-order valence-electron chi connectivity index (χ3n) is 2.65. The van der Waals surface area contributed by atoms with E-state index in [4.69, 9.17) is 15.9 Å². The average Bonchev–Trinajstić information content (AvgIpc) is 2.89. The van der Waals surface area contributed by atoms with Gasteiger partial charge in [-0.05, 0) is 30.3 Å². The Hall–Kier alpha value is -1.11. The highest BCUT2D eigenvalue weighted by Gasteiger charge is 2.07. The Morgan fingerprint density at radius 1 is 1.15 bits per heavy atom. The minimum absolute atomic E-state index is 0.727. The summed E-state index contributed by atoms with van der Waals surface area (Å²) in [6, 6.07) is 13.7. The van der Waals surface area contributed by atoms with Crippen LogP contribution in [0.2, 0.25) is 5.02 Å². The van der Waals surface area contributed by atoms with Gasteiger partial charge in [-0.25, -0.2) is 9.87 Å². The van der Waals surface area contributed by atoms with Crippen LogP contribution in [0, 0.1) is 0 Å². The lowest BCUT2D eigenvalue weighted by Gasteiger charge is -1.97. The Balaban J connectivity index is 1.95. The molecular formula is C14H10ClNO2S2. The zero-order valence-electron chi connectivity index (χ0n) is 10.5. The fraction of sp³-hybridized carbons (Fsp3) is 0.0714. The molecule has 0 fully saturated rings. The lowest BCUT2D eigenvalue weighted by molar-refractivity contribution is -0.160. The molecule has 0 amide bonds. The van der Waals surface area contributed by atoms with Crippen LogP contribution in [0.1, 0.15) is 0 Å². The zero-order valence-corrected chi connectivity index (χ0v) is 12.9. The van der Waals surface area contributed by atoms with Crippen LogP contribution in [-0.4, -0.2) is 12.1 Å². The molecular weight excluding hydrogens is 314 g/mol. The van der Waals surface area contributed by atoms with Crippen molar-refractivity contribution in [1.82, 2.24) is 4.98 Å². The average molecular weight is 324 g/mol. The smallest absolute Gasteiger partial charge is 0.124 e. The molecule has 0 bridgehead atoms. The molecule has 0 aliphatic carbocycles. The van der Waals surface area contributed by atoms with Gasteiger partial charge in [0.25, 0.3) is 0 Å². The Kier molecular flexibility index (Phi) is 4.24. The molecule has 0 unspecified atom stereocenters. The summed E-state index contributed by atoms with van der Waals surface area (Å²) in [5.41, 5.74) is 2.04. The summed E-state index contributed by atoms with van der Waals surface area (Å²) in [6.07, 6.45) is 0. The maximum atomic E-state index is 5.90. The van der Waals surface area contributed by atoms with E-state index in [1.165, 1.54) is 19.2 Å². The Bertz CT molecular complexity index is 728. The number of thiazole rings is 1. The normalized spacial score (nSPS) is 11.1. The largest absolute Gasteiger partial charge is 0.236 e. The molecule has 2 aromatic carbocycles. The highest BCUT2D eigenvalue weighted by molar-refractivity contribution is 7.94. The van der Waals surface area contributed by atoms with Gasteiger partial charge in [0.15, 0.2) is 0 Å². The molecule has 0 aliphatic rings. The summed E-state index contributed by atoms with van der Waals surface area (Å²) in [5, 5.41) is 1.71. The van der Waals surface area contributed by atoms with Crippen LogP contribution in [0.3, 0.4) is 0 Å². The second-order valence-corrected chi connectivity index (χ2v) is 6.21. The predicted octanol–water partition coefficient (Wildman–Crippen LogP) is 5.20. The van der Waals surface area contributed by atoms with Gasteiger partial charge in [0.1, 0.15) is 5.01 Å². The molecule has 0 atom stereocenters.